The van der Waals surface area contributed by atoms with Crippen LogP contribution in [0, 0.1) is 0 Å². The average Bonchev–Trinajstić information content (AvgIpc) is 2.48. The van der Waals surface area contributed by atoms with Crippen LogP contribution in [-0.4, -0.2) is 22.5 Å². The van der Waals surface area contributed by atoms with E-state index in [1.54, 1.807) is 14.2 Å². The molecule has 0 spiro atoms. The molecule has 5 heteroatoms. The zero-order valence-electron chi connectivity index (χ0n) is 15.7. The van der Waals surface area contributed by atoms with Gasteiger partial charge in [0.05, 0.1) is 25.3 Å². The van der Waals surface area contributed by atoms with E-state index in [4.69, 9.17) is 13.9 Å². The zero-order chi connectivity index (χ0) is 17.8. The van der Waals surface area contributed by atoms with Gasteiger partial charge in [-0.15, -0.1) is 0 Å². The molecule has 23 heavy (non-hydrogen) atoms. The monoisotopic (exact) mass is 402 g/mol. The predicted octanol–water partition coefficient (Wildman–Crippen LogP) is 6.16. The van der Waals surface area contributed by atoms with Crippen LogP contribution in [0.4, 0.5) is 0 Å². The lowest BCUT2D eigenvalue weighted by Crippen LogP contribution is -2.47. The first-order valence-electron chi connectivity index (χ1n) is 8.24. The van der Waals surface area contributed by atoms with Gasteiger partial charge in [0.1, 0.15) is 11.5 Å². The van der Waals surface area contributed by atoms with E-state index in [9.17, 15) is 0 Å². The fourth-order valence-electron chi connectivity index (χ4n) is 3.70. The van der Waals surface area contributed by atoms with Crippen molar-refractivity contribution in [2.45, 2.75) is 64.8 Å². The average molecular weight is 403 g/mol. The fourth-order valence-corrected chi connectivity index (χ4v) is 9.61. The van der Waals surface area contributed by atoms with E-state index < -0.39 is 8.32 Å². The van der Waals surface area contributed by atoms with E-state index in [0.717, 1.165) is 21.5 Å². The second-order valence-electron chi connectivity index (χ2n) is 6.91. The summed E-state index contributed by atoms with van der Waals surface area (Å²) < 4.78 is 18.4. The maximum atomic E-state index is 6.68. The van der Waals surface area contributed by atoms with Crippen LogP contribution in [0.25, 0.3) is 0 Å². The van der Waals surface area contributed by atoms with E-state index >= 15 is 0 Å². The number of halogens is 1. The van der Waals surface area contributed by atoms with Gasteiger partial charge in [0, 0.05) is 6.07 Å². The van der Waals surface area contributed by atoms with Gasteiger partial charge < -0.3 is 13.9 Å². The number of benzene rings is 1. The molecule has 0 saturated carbocycles. The largest absolute Gasteiger partial charge is 0.497 e. The van der Waals surface area contributed by atoms with Crippen molar-refractivity contribution in [3.63, 3.8) is 0 Å². The second kappa shape index (κ2) is 8.54. The maximum absolute atomic E-state index is 6.68. The van der Waals surface area contributed by atoms with Gasteiger partial charge in [-0.2, -0.15) is 0 Å². The summed E-state index contributed by atoms with van der Waals surface area (Å²) in [5.74, 6) is 1.56. The Morgan fingerprint density at radius 2 is 1.43 bits per heavy atom. The third kappa shape index (κ3) is 4.31. The molecule has 3 nitrogen and oxygen atoms in total. The van der Waals surface area contributed by atoms with Crippen molar-refractivity contribution < 1.29 is 13.9 Å². The predicted molar refractivity (Wildman–Crippen MR) is 103 cm³/mol. The lowest BCUT2D eigenvalue weighted by atomic mass is 10.2. The quantitative estimate of drug-likeness (QED) is 0.487. The highest BCUT2D eigenvalue weighted by atomic mass is 79.9. The molecule has 1 aromatic carbocycles. The summed E-state index contributed by atoms with van der Waals surface area (Å²) in [4.78, 5) is 0. The van der Waals surface area contributed by atoms with Crippen LogP contribution in [0.5, 0.6) is 11.5 Å². The summed E-state index contributed by atoms with van der Waals surface area (Å²) in [7, 11) is 1.44. The minimum Gasteiger partial charge on any atom is -0.497 e. The van der Waals surface area contributed by atoms with Crippen LogP contribution in [0.15, 0.2) is 16.6 Å². The molecule has 0 unspecified atom stereocenters. The second-order valence-corrected chi connectivity index (χ2v) is 13.2. The minimum atomic E-state index is -1.89. The summed E-state index contributed by atoms with van der Waals surface area (Å²) in [6.45, 7) is 14.4. The molecule has 0 radical (unpaired) electrons. The summed E-state index contributed by atoms with van der Waals surface area (Å²) in [6, 6.07) is 3.90. The van der Waals surface area contributed by atoms with Gasteiger partial charge in [0.2, 0.25) is 8.32 Å². The Hall–Kier alpha value is -0.523. The molecule has 1 rings (SSSR count). The highest BCUT2D eigenvalue weighted by molar-refractivity contribution is 9.10. The molecule has 0 heterocycles. The number of rotatable bonds is 8. The number of ether oxygens (including phenoxy) is 2. The standard InChI is InChI=1S/C18H31BrO3Si/c1-12(2)23(13(3)4,14(5)6)22-11-15-9-16(20-7)10-17(21-8)18(15)19/h9-10,12-14H,11H2,1-8H3. The smallest absolute Gasteiger partial charge is 0.200 e. The Kier molecular flexibility index (Phi) is 7.62. The molecule has 0 saturated heterocycles. The van der Waals surface area contributed by atoms with Crippen LogP contribution in [-0.2, 0) is 11.0 Å². The van der Waals surface area contributed by atoms with Gasteiger partial charge in [0.25, 0.3) is 0 Å². The van der Waals surface area contributed by atoms with Crippen LogP contribution in [0.2, 0.25) is 16.6 Å². The van der Waals surface area contributed by atoms with Gasteiger partial charge >= 0.3 is 0 Å². The van der Waals surface area contributed by atoms with Crippen molar-refractivity contribution in [2.75, 3.05) is 14.2 Å². The first-order chi connectivity index (χ1) is 10.7. The number of hydrogen-bond acceptors (Lipinski definition) is 3. The molecule has 0 aliphatic carbocycles. The van der Waals surface area contributed by atoms with E-state index in [1.807, 2.05) is 12.1 Å². The van der Waals surface area contributed by atoms with Gasteiger partial charge in [-0.3, -0.25) is 0 Å². The molecular formula is C18H31BrO3Si. The summed E-state index contributed by atoms with van der Waals surface area (Å²) >= 11 is 3.64. The Morgan fingerprint density at radius 3 is 1.83 bits per heavy atom. The summed E-state index contributed by atoms with van der Waals surface area (Å²) in [5, 5.41) is 0. The SMILES string of the molecule is COc1cc(CO[Si](C(C)C)(C(C)C)C(C)C)c(Br)c(OC)c1. The van der Waals surface area contributed by atoms with Gasteiger partial charge in [0.15, 0.2) is 0 Å². The van der Waals surface area contributed by atoms with Crippen molar-refractivity contribution in [2.24, 2.45) is 0 Å². The van der Waals surface area contributed by atoms with Crippen molar-refractivity contribution in [3.05, 3.63) is 22.2 Å². The lowest BCUT2D eigenvalue weighted by Gasteiger charge is -2.42. The van der Waals surface area contributed by atoms with Crippen LogP contribution in [0.1, 0.15) is 47.1 Å². The fraction of sp³-hybridized carbons (Fsp3) is 0.667. The molecule has 0 amide bonds. The Balaban J connectivity index is 3.16. The van der Waals surface area contributed by atoms with Crippen LogP contribution >= 0.6 is 15.9 Å². The van der Waals surface area contributed by atoms with Crippen LogP contribution in [0.3, 0.4) is 0 Å². The molecule has 0 aliphatic rings. The number of hydrogen-bond donors (Lipinski definition) is 0. The van der Waals surface area contributed by atoms with Gasteiger partial charge in [-0.25, -0.2) is 0 Å². The third-order valence-corrected chi connectivity index (χ3v) is 11.7. The van der Waals surface area contributed by atoms with Crippen molar-refractivity contribution >= 4 is 24.2 Å². The van der Waals surface area contributed by atoms with Crippen molar-refractivity contribution in [1.82, 2.24) is 0 Å². The highest BCUT2D eigenvalue weighted by Crippen LogP contribution is 2.43. The molecule has 0 aliphatic heterocycles. The lowest BCUT2D eigenvalue weighted by molar-refractivity contribution is 0.263. The Bertz CT molecular complexity index is 493. The molecule has 0 atom stereocenters. The number of methoxy groups -OCH3 is 2. The Morgan fingerprint density at radius 1 is 0.913 bits per heavy atom. The molecule has 0 aromatic heterocycles. The first-order valence-corrected chi connectivity index (χ1v) is 11.2. The summed E-state index contributed by atoms with van der Waals surface area (Å²) in [6.07, 6.45) is 0. The third-order valence-electron chi connectivity index (χ3n) is 4.73. The normalized spacial score (nSPS) is 12.3. The van der Waals surface area contributed by atoms with Crippen molar-refractivity contribution in [3.8, 4) is 11.5 Å². The minimum absolute atomic E-state index is 0.564. The molecule has 0 fully saturated rings. The topological polar surface area (TPSA) is 27.7 Å². The highest BCUT2D eigenvalue weighted by Gasteiger charge is 2.45. The Labute approximate surface area is 151 Å². The van der Waals surface area contributed by atoms with E-state index in [0.29, 0.717) is 23.2 Å². The maximum Gasteiger partial charge on any atom is 0.200 e. The molecule has 1 aromatic rings. The van der Waals surface area contributed by atoms with E-state index in [1.165, 1.54) is 0 Å². The molecule has 0 bridgehead atoms. The molecule has 132 valence electrons. The van der Waals surface area contributed by atoms with Gasteiger partial charge in [-0.05, 0) is 44.2 Å². The van der Waals surface area contributed by atoms with Crippen molar-refractivity contribution in [1.29, 1.82) is 0 Å². The molecule has 0 N–H and O–H groups in total. The van der Waals surface area contributed by atoms with Gasteiger partial charge in [-0.1, -0.05) is 41.5 Å². The molecular weight excluding hydrogens is 372 g/mol. The zero-order valence-corrected chi connectivity index (χ0v) is 18.3. The summed E-state index contributed by atoms with van der Waals surface area (Å²) in [5.41, 5.74) is 2.76. The first kappa shape index (κ1) is 20.5. The van der Waals surface area contributed by atoms with E-state index in [-0.39, 0.29) is 0 Å². The van der Waals surface area contributed by atoms with Crippen LogP contribution < -0.4 is 9.47 Å². The van der Waals surface area contributed by atoms with E-state index in [2.05, 4.69) is 57.5 Å².